The number of ether oxygens (including phenoxy) is 1. The number of thioether (sulfide) groups is 1. The maximum absolute atomic E-state index is 12.6. The molecule has 1 amide bonds. The predicted octanol–water partition coefficient (Wildman–Crippen LogP) is 4.08. The van der Waals surface area contributed by atoms with E-state index < -0.39 is 0 Å². The van der Waals surface area contributed by atoms with Crippen molar-refractivity contribution in [1.29, 1.82) is 0 Å². The lowest BCUT2D eigenvalue weighted by Gasteiger charge is -2.13. The molecule has 2 heterocycles. The van der Waals surface area contributed by atoms with E-state index in [1.54, 1.807) is 25.1 Å². The zero-order valence-corrected chi connectivity index (χ0v) is 19.3. The molecule has 1 aromatic carbocycles. The monoisotopic (exact) mass is 461 g/mol. The van der Waals surface area contributed by atoms with Crippen LogP contribution in [-0.4, -0.2) is 44.6 Å². The highest BCUT2D eigenvalue weighted by molar-refractivity contribution is 8.01. The maximum Gasteiger partial charge on any atom is 0.316 e. The normalized spacial score (nSPS) is 11.4. The van der Waals surface area contributed by atoms with E-state index in [2.05, 4.69) is 46.4 Å². The number of carbonyl (C=O) groups excluding carboxylic acids is 2. The van der Waals surface area contributed by atoms with Gasteiger partial charge in [0, 0.05) is 17.5 Å². The second kappa shape index (κ2) is 10.0. The van der Waals surface area contributed by atoms with Crippen LogP contribution in [0.4, 0.5) is 5.13 Å². The minimum Gasteiger partial charge on any atom is -0.465 e. The second-order valence-corrected chi connectivity index (χ2v) is 9.95. The lowest BCUT2D eigenvalue weighted by molar-refractivity contribution is -0.139. The molecule has 0 atom stereocenters. The van der Waals surface area contributed by atoms with E-state index in [1.807, 2.05) is 6.07 Å². The van der Waals surface area contributed by atoms with Crippen molar-refractivity contribution in [2.45, 2.75) is 38.5 Å². The Labute approximate surface area is 188 Å². The maximum atomic E-state index is 12.6. The van der Waals surface area contributed by atoms with Crippen LogP contribution in [0.1, 0.15) is 43.9 Å². The number of amides is 1. The van der Waals surface area contributed by atoms with Gasteiger partial charge in [-0.25, -0.2) is 0 Å². The van der Waals surface area contributed by atoms with Crippen LogP contribution >= 0.6 is 23.1 Å². The standard InChI is InChI=1S/C20H23N5O4S2/c1-5-28-15(26)11-30-19-24-23-18(31-19)22-17(27)13-8-6-7-12(9-13)16-21-14(29-25-16)10-20(2,3)4/h6-9H,5,10-11H2,1-4H3,(H,22,23,27). The molecule has 3 aromatic rings. The van der Waals surface area contributed by atoms with Gasteiger partial charge in [0.15, 0.2) is 4.34 Å². The first-order valence-corrected chi connectivity index (χ1v) is 11.4. The van der Waals surface area contributed by atoms with E-state index in [0.29, 0.717) is 45.3 Å². The summed E-state index contributed by atoms with van der Waals surface area (Å²) in [7, 11) is 0. The van der Waals surface area contributed by atoms with Crippen molar-refractivity contribution in [3.63, 3.8) is 0 Å². The Bertz CT molecular complexity index is 1060. The van der Waals surface area contributed by atoms with Crippen molar-refractivity contribution < 1.29 is 18.8 Å². The van der Waals surface area contributed by atoms with Crippen molar-refractivity contribution >= 4 is 40.1 Å². The average Bonchev–Trinajstić information content (AvgIpc) is 3.35. The van der Waals surface area contributed by atoms with Crippen molar-refractivity contribution in [2.75, 3.05) is 17.7 Å². The van der Waals surface area contributed by atoms with E-state index >= 15 is 0 Å². The van der Waals surface area contributed by atoms with Gasteiger partial charge >= 0.3 is 5.97 Å². The highest BCUT2D eigenvalue weighted by atomic mass is 32.2. The Hall–Kier alpha value is -2.79. The van der Waals surface area contributed by atoms with E-state index in [1.165, 1.54) is 23.1 Å². The van der Waals surface area contributed by atoms with E-state index in [-0.39, 0.29) is 23.0 Å². The van der Waals surface area contributed by atoms with Gasteiger partial charge in [0.2, 0.25) is 16.8 Å². The second-order valence-electron chi connectivity index (χ2n) is 7.75. The number of nitrogens with one attached hydrogen (secondary N) is 1. The molecule has 0 saturated heterocycles. The first-order chi connectivity index (χ1) is 14.7. The fraction of sp³-hybridized carbons (Fsp3) is 0.400. The summed E-state index contributed by atoms with van der Waals surface area (Å²) in [6.07, 6.45) is 0.660. The molecule has 11 heteroatoms. The Morgan fingerprint density at radius 3 is 2.81 bits per heavy atom. The Kier molecular flexibility index (Phi) is 7.39. The average molecular weight is 462 g/mol. The Morgan fingerprint density at radius 1 is 1.26 bits per heavy atom. The molecule has 1 N–H and O–H groups in total. The molecular weight excluding hydrogens is 438 g/mol. The van der Waals surface area contributed by atoms with Crippen LogP contribution in [0.3, 0.4) is 0 Å². The molecule has 0 radical (unpaired) electrons. The molecule has 31 heavy (non-hydrogen) atoms. The van der Waals surface area contributed by atoms with Crippen LogP contribution < -0.4 is 5.32 Å². The van der Waals surface area contributed by atoms with Gasteiger partial charge in [0.1, 0.15) is 0 Å². The highest BCUT2D eigenvalue weighted by Gasteiger charge is 2.18. The first kappa shape index (κ1) is 22.9. The summed E-state index contributed by atoms with van der Waals surface area (Å²) in [5.41, 5.74) is 1.14. The number of esters is 1. The molecule has 2 aromatic heterocycles. The van der Waals surface area contributed by atoms with E-state index in [0.717, 1.165) is 0 Å². The Morgan fingerprint density at radius 2 is 2.06 bits per heavy atom. The lowest BCUT2D eigenvalue weighted by atomic mass is 9.92. The van der Waals surface area contributed by atoms with Crippen molar-refractivity contribution in [1.82, 2.24) is 20.3 Å². The number of nitrogens with zero attached hydrogens (tertiary/aromatic N) is 4. The molecule has 0 fully saturated rings. The summed E-state index contributed by atoms with van der Waals surface area (Å²) in [5.74, 6) is 0.470. The SMILES string of the molecule is CCOC(=O)CSc1nnc(NC(=O)c2cccc(-c3noc(CC(C)(C)C)n3)c2)s1. The molecule has 0 aliphatic carbocycles. The zero-order chi connectivity index (χ0) is 22.4. The summed E-state index contributed by atoms with van der Waals surface area (Å²) in [6.45, 7) is 8.36. The number of carbonyl (C=O) groups is 2. The lowest BCUT2D eigenvalue weighted by Crippen LogP contribution is -2.11. The van der Waals surface area contributed by atoms with Crippen molar-refractivity contribution in [2.24, 2.45) is 5.41 Å². The van der Waals surface area contributed by atoms with Crippen molar-refractivity contribution in [3.8, 4) is 11.4 Å². The van der Waals surface area contributed by atoms with Gasteiger partial charge in [-0.1, -0.05) is 61.2 Å². The largest absolute Gasteiger partial charge is 0.465 e. The van der Waals surface area contributed by atoms with Crippen LogP contribution in [0.15, 0.2) is 33.1 Å². The molecule has 9 nitrogen and oxygen atoms in total. The summed E-state index contributed by atoms with van der Waals surface area (Å²) in [5, 5.41) is 15.0. The topological polar surface area (TPSA) is 120 Å². The smallest absolute Gasteiger partial charge is 0.316 e. The number of benzene rings is 1. The number of hydrogen-bond acceptors (Lipinski definition) is 10. The number of anilines is 1. The third-order valence-corrected chi connectivity index (χ3v) is 5.72. The minimum atomic E-state index is -0.335. The van der Waals surface area contributed by atoms with E-state index in [4.69, 9.17) is 9.26 Å². The number of hydrogen-bond donors (Lipinski definition) is 1. The summed E-state index contributed by atoms with van der Waals surface area (Å²) < 4.78 is 10.8. The molecule has 0 saturated carbocycles. The van der Waals surface area contributed by atoms with Crippen molar-refractivity contribution in [3.05, 3.63) is 35.7 Å². The first-order valence-electron chi connectivity index (χ1n) is 9.60. The third-order valence-electron chi connectivity index (χ3n) is 3.78. The molecule has 0 unspecified atom stereocenters. The summed E-state index contributed by atoms with van der Waals surface area (Å²) >= 11 is 2.40. The molecule has 0 aliphatic rings. The van der Waals surface area contributed by atoms with Gasteiger partial charge in [0.25, 0.3) is 5.91 Å². The fourth-order valence-electron chi connectivity index (χ4n) is 2.51. The van der Waals surface area contributed by atoms with Crippen LogP contribution in [0.5, 0.6) is 0 Å². The van der Waals surface area contributed by atoms with E-state index in [9.17, 15) is 9.59 Å². The predicted molar refractivity (Wildman–Crippen MR) is 118 cm³/mol. The van der Waals surface area contributed by atoms with Gasteiger partial charge < -0.3 is 9.26 Å². The number of aromatic nitrogens is 4. The van der Waals surface area contributed by atoms with Gasteiger partial charge in [0.05, 0.1) is 12.4 Å². The molecule has 0 spiro atoms. The van der Waals surface area contributed by atoms with Gasteiger partial charge in [-0.05, 0) is 24.5 Å². The molecular formula is C20H23N5O4S2. The minimum absolute atomic E-state index is 0.0285. The highest BCUT2D eigenvalue weighted by Crippen LogP contribution is 2.26. The fourth-order valence-corrected chi connectivity index (χ4v) is 4.05. The van der Waals surface area contributed by atoms with Crippen LogP contribution in [0.25, 0.3) is 11.4 Å². The molecule has 3 rings (SSSR count). The van der Waals surface area contributed by atoms with Gasteiger partial charge in [-0.3, -0.25) is 14.9 Å². The van der Waals surface area contributed by atoms with Gasteiger partial charge in [-0.15, -0.1) is 10.2 Å². The van der Waals surface area contributed by atoms with Gasteiger partial charge in [-0.2, -0.15) is 4.98 Å². The Balaban J connectivity index is 1.64. The molecule has 0 aliphatic heterocycles. The van der Waals surface area contributed by atoms with Crippen LogP contribution in [-0.2, 0) is 16.0 Å². The third kappa shape index (κ3) is 6.86. The molecule has 0 bridgehead atoms. The summed E-state index contributed by atoms with van der Waals surface area (Å²) in [6, 6.07) is 6.95. The van der Waals surface area contributed by atoms with Crippen LogP contribution in [0.2, 0.25) is 0 Å². The zero-order valence-electron chi connectivity index (χ0n) is 17.7. The molecule has 164 valence electrons. The summed E-state index contributed by atoms with van der Waals surface area (Å²) in [4.78, 5) is 28.5. The van der Waals surface area contributed by atoms with Crippen LogP contribution in [0, 0.1) is 5.41 Å². The quantitative estimate of drug-likeness (QED) is 0.300. The number of rotatable bonds is 8.